The first-order chi connectivity index (χ1) is 15.9. The number of para-hydroxylation sites is 1. The number of imidazole rings is 1. The average molecular weight is 572 g/mol. The zero-order chi connectivity index (χ0) is 23.3. The maximum absolute atomic E-state index is 13.4. The minimum Gasteiger partial charge on any atom is -0.350 e. The summed E-state index contributed by atoms with van der Waals surface area (Å²) in [4.78, 5) is 17.1. The van der Waals surface area contributed by atoms with Crippen LogP contribution in [-0.2, 0) is 21.4 Å². The van der Waals surface area contributed by atoms with Crippen molar-refractivity contribution in [3.05, 3.63) is 107 Å². The highest BCUT2D eigenvalue weighted by Crippen LogP contribution is 2.24. The molecule has 33 heavy (non-hydrogen) atoms. The number of rotatable bonds is 8. The Labute approximate surface area is 206 Å². The van der Waals surface area contributed by atoms with E-state index in [9.17, 15) is 13.2 Å². The lowest BCUT2D eigenvalue weighted by molar-refractivity contribution is -0.119. The number of nitrogens with zero attached hydrogens (tertiary/aromatic N) is 3. The summed E-state index contributed by atoms with van der Waals surface area (Å²) in [5.41, 5.74) is 2.20. The third-order valence-electron chi connectivity index (χ3n) is 4.98. The molecule has 0 bridgehead atoms. The van der Waals surface area contributed by atoms with Crippen molar-refractivity contribution in [2.24, 2.45) is 0 Å². The van der Waals surface area contributed by atoms with Crippen LogP contribution in [0.25, 0.3) is 5.69 Å². The van der Waals surface area contributed by atoms with E-state index in [1.165, 1.54) is 12.1 Å². The molecule has 3 aromatic carbocycles. The highest BCUT2D eigenvalue weighted by molar-refractivity contribution is 14.1. The predicted molar refractivity (Wildman–Crippen MR) is 136 cm³/mol. The summed E-state index contributed by atoms with van der Waals surface area (Å²) < 4.78 is 30.7. The summed E-state index contributed by atoms with van der Waals surface area (Å²) in [5, 5.41) is 2.86. The lowest BCUT2D eigenvalue weighted by Gasteiger charge is -2.24. The van der Waals surface area contributed by atoms with Crippen molar-refractivity contribution in [1.29, 1.82) is 0 Å². The number of sulfonamides is 1. The van der Waals surface area contributed by atoms with Crippen LogP contribution >= 0.6 is 22.6 Å². The molecule has 1 aromatic heterocycles. The molecule has 0 fully saturated rings. The molecule has 4 aromatic rings. The van der Waals surface area contributed by atoms with Gasteiger partial charge in [-0.25, -0.2) is 13.4 Å². The van der Waals surface area contributed by atoms with Gasteiger partial charge >= 0.3 is 0 Å². The molecule has 0 spiro atoms. The second kappa shape index (κ2) is 10.2. The number of carbonyl (C=O) groups excluding carboxylic acids is 1. The van der Waals surface area contributed by atoms with Gasteiger partial charge in [0.25, 0.3) is 10.0 Å². The molecule has 9 heteroatoms. The first-order valence-electron chi connectivity index (χ1n) is 10.1. The number of benzene rings is 3. The summed E-state index contributed by atoms with van der Waals surface area (Å²) in [6.07, 6.45) is 5.19. The van der Waals surface area contributed by atoms with E-state index in [1.807, 2.05) is 47.2 Å². The first kappa shape index (κ1) is 23.0. The Hall–Kier alpha value is -3.18. The number of carbonyl (C=O) groups is 1. The topological polar surface area (TPSA) is 84.3 Å². The van der Waals surface area contributed by atoms with E-state index >= 15 is 0 Å². The average Bonchev–Trinajstić information content (AvgIpc) is 3.37. The van der Waals surface area contributed by atoms with Gasteiger partial charge in [-0.15, -0.1) is 0 Å². The summed E-state index contributed by atoms with van der Waals surface area (Å²) in [7, 11) is -3.93. The Bertz CT molecular complexity index is 1330. The van der Waals surface area contributed by atoms with Crippen molar-refractivity contribution >= 4 is 44.2 Å². The van der Waals surface area contributed by atoms with Gasteiger partial charge in [0, 0.05) is 22.5 Å². The molecule has 0 aliphatic carbocycles. The van der Waals surface area contributed by atoms with Crippen LogP contribution in [-0.4, -0.2) is 30.4 Å². The van der Waals surface area contributed by atoms with Crippen LogP contribution in [0.4, 0.5) is 5.69 Å². The van der Waals surface area contributed by atoms with Gasteiger partial charge in [0.15, 0.2) is 0 Å². The highest BCUT2D eigenvalue weighted by Gasteiger charge is 2.27. The van der Waals surface area contributed by atoms with Gasteiger partial charge < -0.3 is 9.88 Å². The molecule has 7 nitrogen and oxygen atoms in total. The minimum atomic E-state index is -3.93. The zero-order valence-corrected chi connectivity index (χ0v) is 20.5. The molecule has 0 unspecified atom stereocenters. The number of nitrogens with one attached hydrogen (secondary N) is 1. The maximum Gasteiger partial charge on any atom is 0.264 e. The van der Waals surface area contributed by atoms with Crippen LogP contribution < -0.4 is 9.62 Å². The van der Waals surface area contributed by atoms with Crippen LogP contribution in [0.5, 0.6) is 0 Å². The van der Waals surface area contributed by atoms with Gasteiger partial charge in [-0.3, -0.25) is 9.10 Å². The molecule has 4 rings (SSSR count). The summed E-state index contributed by atoms with van der Waals surface area (Å²) in [5.74, 6) is -0.409. The summed E-state index contributed by atoms with van der Waals surface area (Å²) >= 11 is 2.15. The number of halogens is 1. The van der Waals surface area contributed by atoms with E-state index in [0.29, 0.717) is 5.69 Å². The third kappa shape index (κ3) is 5.42. The third-order valence-corrected chi connectivity index (χ3v) is 7.49. The van der Waals surface area contributed by atoms with Crippen LogP contribution in [0.3, 0.4) is 0 Å². The molecular formula is C24H21IN4O3S. The second-order valence-corrected chi connectivity index (χ2v) is 10.3. The van der Waals surface area contributed by atoms with Crippen molar-refractivity contribution < 1.29 is 13.2 Å². The van der Waals surface area contributed by atoms with E-state index in [-0.39, 0.29) is 18.0 Å². The first-order valence-corrected chi connectivity index (χ1v) is 12.6. The predicted octanol–water partition coefficient (Wildman–Crippen LogP) is 3.99. The van der Waals surface area contributed by atoms with Crippen LogP contribution in [0.15, 0.2) is 102 Å². The summed E-state index contributed by atoms with van der Waals surface area (Å²) in [6.45, 7) is -0.0931. The van der Waals surface area contributed by atoms with E-state index in [4.69, 9.17) is 0 Å². The van der Waals surface area contributed by atoms with E-state index in [1.54, 1.807) is 42.9 Å². The van der Waals surface area contributed by atoms with Crippen molar-refractivity contribution in [1.82, 2.24) is 14.9 Å². The van der Waals surface area contributed by atoms with Crippen LogP contribution in [0, 0.1) is 3.57 Å². The SMILES string of the molecule is O=C(CN(c1ccc(I)cc1)S(=O)(=O)c1ccccc1)NCc1ccccc1-n1ccnc1. The van der Waals surface area contributed by atoms with Crippen molar-refractivity contribution in [3.63, 3.8) is 0 Å². The van der Waals surface area contributed by atoms with Crippen molar-refractivity contribution in [3.8, 4) is 5.69 Å². The number of anilines is 1. The van der Waals surface area contributed by atoms with Gasteiger partial charge in [-0.05, 0) is 70.6 Å². The molecule has 0 saturated carbocycles. The molecule has 0 aliphatic rings. The maximum atomic E-state index is 13.4. The fourth-order valence-electron chi connectivity index (χ4n) is 3.34. The Morgan fingerprint density at radius 1 is 0.970 bits per heavy atom. The molecular weight excluding hydrogens is 551 g/mol. The van der Waals surface area contributed by atoms with Gasteiger partial charge in [0.05, 0.1) is 22.6 Å². The fourth-order valence-corrected chi connectivity index (χ4v) is 5.14. The quantitative estimate of drug-likeness (QED) is 0.324. The number of amides is 1. The molecule has 1 N–H and O–H groups in total. The molecule has 0 radical (unpaired) electrons. The molecule has 1 heterocycles. The minimum absolute atomic E-state index is 0.127. The Morgan fingerprint density at radius 3 is 2.36 bits per heavy atom. The molecule has 1 amide bonds. The van der Waals surface area contributed by atoms with Gasteiger partial charge in [0.2, 0.25) is 5.91 Å². The van der Waals surface area contributed by atoms with Crippen molar-refractivity contribution in [2.75, 3.05) is 10.8 Å². The van der Waals surface area contributed by atoms with E-state index in [2.05, 4.69) is 32.9 Å². The van der Waals surface area contributed by atoms with Crippen LogP contribution in [0.1, 0.15) is 5.56 Å². The van der Waals surface area contributed by atoms with E-state index < -0.39 is 15.9 Å². The Kier molecular flexibility index (Phi) is 7.09. The monoisotopic (exact) mass is 572 g/mol. The summed E-state index contributed by atoms with van der Waals surface area (Å²) in [6, 6.07) is 22.8. The molecule has 0 aliphatic heterocycles. The van der Waals surface area contributed by atoms with E-state index in [0.717, 1.165) is 19.1 Å². The normalized spacial score (nSPS) is 11.2. The van der Waals surface area contributed by atoms with Gasteiger partial charge in [-0.2, -0.15) is 0 Å². The van der Waals surface area contributed by atoms with Crippen LogP contribution in [0.2, 0.25) is 0 Å². The number of aromatic nitrogens is 2. The standard InChI is InChI=1S/C24H21IN4O3S/c25-20-10-12-21(13-11-20)29(33(31,32)22-7-2-1-3-8-22)17-24(30)27-16-19-6-4-5-9-23(19)28-15-14-26-18-28/h1-15,18H,16-17H2,(H,27,30). The Balaban J connectivity index is 1.56. The van der Waals surface area contributed by atoms with Gasteiger partial charge in [0.1, 0.15) is 6.54 Å². The fraction of sp³-hybridized carbons (Fsp3) is 0.0833. The number of hydrogen-bond acceptors (Lipinski definition) is 4. The van der Waals surface area contributed by atoms with Crippen molar-refractivity contribution in [2.45, 2.75) is 11.4 Å². The molecule has 0 saturated heterocycles. The number of hydrogen-bond donors (Lipinski definition) is 1. The largest absolute Gasteiger partial charge is 0.350 e. The Morgan fingerprint density at radius 2 is 1.67 bits per heavy atom. The molecule has 168 valence electrons. The molecule has 0 atom stereocenters. The van der Waals surface area contributed by atoms with Gasteiger partial charge in [-0.1, -0.05) is 36.4 Å². The lowest BCUT2D eigenvalue weighted by atomic mass is 10.1. The lowest BCUT2D eigenvalue weighted by Crippen LogP contribution is -2.40. The highest BCUT2D eigenvalue weighted by atomic mass is 127. The zero-order valence-electron chi connectivity index (χ0n) is 17.5. The smallest absolute Gasteiger partial charge is 0.264 e. The second-order valence-electron chi connectivity index (χ2n) is 7.18.